The molecule has 5 nitrogen and oxygen atoms in total. The third kappa shape index (κ3) is 4.11. The van der Waals surface area contributed by atoms with E-state index >= 15 is 0 Å². The molecule has 0 bridgehead atoms. The Morgan fingerprint density at radius 3 is 2.31 bits per heavy atom. The molecule has 0 aliphatic carbocycles. The molecule has 2 aromatic carbocycles. The van der Waals surface area contributed by atoms with E-state index in [2.05, 4.69) is 10.2 Å². The van der Waals surface area contributed by atoms with Gasteiger partial charge in [0.05, 0.1) is 21.4 Å². The molecule has 0 radical (unpaired) electrons. The molecule has 1 N–H and O–H groups in total. The molecule has 0 unspecified atom stereocenters. The molecular formula is C19H19Cl2N3O2. The zero-order chi connectivity index (χ0) is 18.7. The van der Waals surface area contributed by atoms with Gasteiger partial charge in [0.15, 0.2) is 0 Å². The molecule has 0 saturated carbocycles. The fourth-order valence-electron chi connectivity index (χ4n) is 2.95. The van der Waals surface area contributed by atoms with Crippen LogP contribution in [0.2, 0.25) is 10.0 Å². The summed E-state index contributed by atoms with van der Waals surface area (Å²) >= 11 is 11.9. The number of amides is 2. The van der Waals surface area contributed by atoms with Crippen molar-refractivity contribution in [2.24, 2.45) is 0 Å². The molecule has 2 amide bonds. The molecule has 7 heteroatoms. The lowest BCUT2D eigenvalue weighted by atomic mass is 10.1. The van der Waals surface area contributed by atoms with Crippen molar-refractivity contribution >= 4 is 46.4 Å². The molecule has 26 heavy (non-hydrogen) atoms. The second-order valence-electron chi connectivity index (χ2n) is 6.09. The summed E-state index contributed by atoms with van der Waals surface area (Å²) < 4.78 is 0. The fourth-order valence-corrected chi connectivity index (χ4v) is 3.25. The van der Waals surface area contributed by atoms with Gasteiger partial charge in [0.1, 0.15) is 0 Å². The van der Waals surface area contributed by atoms with E-state index in [1.54, 1.807) is 25.1 Å². The van der Waals surface area contributed by atoms with Gasteiger partial charge >= 0.3 is 0 Å². The average molecular weight is 392 g/mol. The number of hydrogen-bond donors (Lipinski definition) is 1. The Bertz CT molecular complexity index is 833. The van der Waals surface area contributed by atoms with Gasteiger partial charge in [-0.1, -0.05) is 35.3 Å². The first-order valence-corrected chi connectivity index (χ1v) is 9.07. The number of carbonyl (C=O) groups excluding carboxylic acids is 2. The number of hydrogen-bond acceptors (Lipinski definition) is 3. The van der Waals surface area contributed by atoms with Crippen LogP contribution in [-0.4, -0.2) is 42.9 Å². The van der Waals surface area contributed by atoms with E-state index in [-0.39, 0.29) is 11.8 Å². The number of carbonyl (C=O) groups is 2. The van der Waals surface area contributed by atoms with Crippen LogP contribution in [0.4, 0.5) is 11.4 Å². The lowest BCUT2D eigenvalue weighted by Gasteiger charge is -2.36. The van der Waals surface area contributed by atoms with Crippen LogP contribution in [0.15, 0.2) is 42.5 Å². The normalized spacial score (nSPS) is 14.3. The van der Waals surface area contributed by atoms with Crippen molar-refractivity contribution in [3.8, 4) is 0 Å². The maximum atomic E-state index is 12.6. The van der Waals surface area contributed by atoms with Crippen LogP contribution in [0.5, 0.6) is 0 Å². The summed E-state index contributed by atoms with van der Waals surface area (Å²) in [4.78, 5) is 28.1. The fraction of sp³-hybridized carbons (Fsp3) is 0.263. The smallest absolute Gasteiger partial charge is 0.255 e. The second kappa shape index (κ2) is 7.98. The lowest BCUT2D eigenvalue weighted by molar-refractivity contribution is -0.129. The van der Waals surface area contributed by atoms with Crippen LogP contribution in [0.25, 0.3) is 0 Å². The Kier molecular flexibility index (Phi) is 5.69. The van der Waals surface area contributed by atoms with Crippen LogP contribution in [0.3, 0.4) is 0 Å². The van der Waals surface area contributed by atoms with Gasteiger partial charge in [0.2, 0.25) is 5.91 Å². The first kappa shape index (κ1) is 18.5. The van der Waals surface area contributed by atoms with Gasteiger partial charge in [0.25, 0.3) is 5.91 Å². The first-order valence-electron chi connectivity index (χ1n) is 8.31. The lowest BCUT2D eigenvalue weighted by Crippen LogP contribution is -2.48. The van der Waals surface area contributed by atoms with Crippen molar-refractivity contribution in [2.45, 2.75) is 6.92 Å². The van der Waals surface area contributed by atoms with E-state index in [0.717, 1.165) is 24.5 Å². The summed E-state index contributed by atoms with van der Waals surface area (Å²) in [7, 11) is 0. The highest BCUT2D eigenvalue weighted by Gasteiger charge is 2.21. The van der Waals surface area contributed by atoms with E-state index in [0.29, 0.717) is 28.7 Å². The molecule has 1 heterocycles. The van der Waals surface area contributed by atoms with Gasteiger partial charge in [-0.05, 0) is 30.3 Å². The predicted molar refractivity (Wildman–Crippen MR) is 105 cm³/mol. The van der Waals surface area contributed by atoms with Gasteiger partial charge in [-0.3, -0.25) is 9.59 Å². The Hall–Kier alpha value is -2.24. The number of rotatable bonds is 3. The van der Waals surface area contributed by atoms with E-state index in [1.807, 2.05) is 29.2 Å². The van der Waals surface area contributed by atoms with E-state index in [1.165, 1.54) is 0 Å². The van der Waals surface area contributed by atoms with E-state index < -0.39 is 0 Å². The third-order valence-corrected chi connectivity index (χ3v) is 5.14. The van der Waals surface area contributed by atoms with Crippen molar-refractivity contribution in [3.63, 3.8) is 0 Å². The quantitative estimate of drug-likeness (QED) is 0.862. The topological polar surface area (TPSA) is 52.7 Å². The average Bonchev–Trinajstić information content (AvgIpc) is 2.64. The zero-order valence-electron chi connectivity index (χ0n) is 14.3. The summed E-state index contributed by atoms with van der Waals surface area (Å²) in [6.45, 7) is 4.37. The van der Waals surface area contributed by atoms with Gasteiger partial charge < -0.3 is 15.1 Å². The van der Waals surface area contributed by atoms with E-state index in [4.69, 9.17) is 23.2 Å². The minimum atomic E-state index is -0.251. The number of piperazine rings is 1. The summed E-state index contributed by atoms with van der Waals surface area (Å²) in [6.07, 6.45) is 0. The minimum Gasteiger partial charge on any atom is -0.366 e. The molecule has 3 rings (SSSR count). The Morgan fingerprint density at radius 1 is 0.962 bits per heavy atom. The molecule has 136 valence electrons. The van der Waals surface area contributed by atoms with Crippen molar-refractivity contribution in [2.75, 3.05) is 36.4 Å². The maximum Gasteiger partial charge on any atom is 0.255 e. The highest BCUT2D eigenvalue weighted by Crippen LogP contribution is 2.28. The first-order chi connectivity index (χ1) is 12.5. The van der Waals surface area contributed by atoms with Crippen LogP contribution >= 0.6 is 23.2 Å². The highest BCUT2D eigenvalue weighted by molar-refractivity contribution is 6.42. The largest absolute Gasteiger partial charge is 0.366 e. The predicted octanol–water partition coefficient (Wildman–Crippen LogP) is 3.91. The van der Waals surface area contributed by atoms with Crippen LogP contribution in [0, 0.1) is 0 Å². The van der Waals surface area contributed by atoms with Gasteiger partial charge in [-0.15, -0.1) is 0 Å². The minimum absolute atomic E-state index is 0.0888. The van der Waals surface area contributed by atoms with Gasteiger partial charge in [0, 0.05) is 38.7 Å². The summed E-state index contributed by atoms with van der Waals surface area (Å²) in [6, 6.07) is 12.4. The SMILES string of the molecule is CC(=O)N1CCN(c2ccccc2NC(=O)c2ccc(Cl)c(Cl)c2)CC1. The number of benzene rings is 2. The highest BCUT2D eigenvalue weighted by atomic mass is 35.5. The van der Waals surface area contributed by atoms with Crippen molar-refractivity contribution in [1.29, 1.82) is 0 Å². The molecule has 0 spiro atoms. The number of nitrogens with one attached hydrogen (secondary N) is 1. The standard InChI is InChI=1S/C19H19Cl2N3O2/c1-13(25)23-8-10-24(11-9-23)18-5-3-2-4-17(18)22-19(26)14-6-7-15(20)16(21)12-14/h2-7,12H,8-11H2,1H3,(H,22,26). The summed E-state index contributed by atoms with van der Waals surface area (Å²) in [5, 5.41) is 3.69. The maximum absolute atomic E-state index is 12.6. The number of halogens is 2. The van der Waals surface area contributed by atoms with Crippen molar-refractivity contribution in [1.82, 2.24) is 4.90 Å². The molecule has 1 fully saturated rings. The number of para-hydroxylation sites is 2. The van der Waals surface area contributed by atoms with Gasteiger partial charge in [-0.25, -0.2) is 0 Å². The van der Waals surface area contributed by atoms with Crippen LogP contribution in [0.1, 0.15) is 17.3 Å². The summed E-state index contributed by atoms with van der Waals surface area (Å²) in [5.74, 6) is -0.163. The van der Waals surface area contributed by atoms with Gasteiger partial charge in [-0.2, -0.15) is 0 Å². The Balaban J connectivity index is 1.76. The molecule has 1 aliphatic heterocycles. The van der Waals surface area contributed by atoms with E-state index in [9.17, 15) is 9.59 Å². The van der Waals surface area contributed by atoms with Crippen molar-refractivity contribution < 1.29 is 9.59 Å². The van der Waals surface area contributed by atoms with Crippen LogP contribution < -0.4 is 10.2 Å². The zero-order valence-corrected chi connectivity index (χ0v) is 15.8. The summed E-state index contributed by atoms with van der Waals surface area (Å²) in [5.41, 5.74) is 2.10. The number of anilines is 2. The molecule has 0 aromatic heterocycles. The third-order valence-electron chi connectivity index (χ3n) is 4.40. The molecule has 2 aromatic rings. The molecule has 0 atom stereocenters. The Labute approximate surface area is 162 Å². The van der Waals surface area contributed by atoms with Crippen LogP contribution in [-0.2, 0) is 4.79 Å². The molecule has 1 aliphatic rings. The second-order valence-corrected chi connectivity index (χ2v) is 6.91. The molecule has 1 saturated heterocycles. The molecular weight excluding hydrogens is 373 g/mol. The Morgan fingerprint density at radius 2 is 1.65 bits per heavy atom. The number of nitrogens with zero attached hydrogens (tertiary/aromatic N) is 2. The van der Waals surface area contributed by atoms with Crippen molar-refractivity contribution in [3.05, 3.63) is 58.1 Å². The monoisotopic (exact) mass is 391 g/mol.